The van der Waals surface area contributed by atoms with Gasteiger partial charge in [0.05, 0.1) is 19.8 Å². The van der Waals surface area contributed by atoms with Crippen molar-refractivity contribution >= 4 is 5.96 Å². The Morgan fingerprint density at radius 3 is 3.04 bits per heavy atom. The van der Waals surface area contributed by atoms with Gasteiger partial charge in [0, 0.05) is 31.7 Å². The molecule has 1 unspecified atom stereocenters. The molecule has 2 fully saturated rings. The zero-order valence-corrected chi connectivity index (χ0v) is 14.9. The molecular weight excluding hydrogens is 302 g/mol. The monoisotopic (exact) mass is 331 g/mol. The summed E-state index contributed by atoms with van der Waals surface area (Å²) >= 11 is 0. The predicted octanol–water partition coefficient (Wildman–Crippen LogP) is 2.66. The summed E-state index contributed by atoms with van der Waals surface area (Å²) in [5, 5.41) is 3.44. The van der Waals surface area contributed by atoms with Crippen LogP contribution in [0.1, 0.15) is 32.3 Å². The summed E-state index contributed by atoms with van der Waals surface area (Å²) < 4.78 is 11.2. The molecule has 1 aromatic rings. The van der Waals surface area contributed by atoms with Gasteiger partial charge >= 0.3 is 0 Å². The maximum Gasteiger partial charge on any atom is 0.194 e. The number of aliphatic imine (C=N–C) groups is 1. The van der Waals surface area contributed by atoms with Gasteiger partial charge in [-0.25, -0.2) is 4.99 Å². The van der Waals surface area contributed by atoms with Crippen molar-refractivity contribution in [3.63, 3.8) is 0 Å². The topological polar surface area (TPSA) is 46.1 Å². The molecule has 24 heavy (non-hydrogen) atoms. The van der Waals surface area contributed by atoms with E-state index >= 15 is 0 Å². The standard InChI is InChI=1S/C19H29N3O2/c1-3-20-18(22-10-8-19(14-22)9-11-23-15-19)21-13-16-6-5-7-17(12-16)24-4-2/h5-7,12H,3-4,8-11,13-15H2,1-2H3,(H,20,21). The molecule has 5 nitrogen and oxygen atoms in total. The average Bonchev–Trinajstić information content (AvgIpc) is 3.22. The molecule has 2 saturated heterocycles. The van der Waals surface area contributed by atoms with Gasteiger partial charge in [0.2, 0.25) is 0 Å². The summed E-state index contributed by atoms with van der Waals surface area (Å²) in [4.78, 5) is 7.25. The van der Waals surface area contributed by atoms with Gasteiger partial charge in [0.15, 0.2) is 5.96 Å². The van der Waals surface area contributed by atoms with Gasteiger partial charge in [-0.2, -0.15) is 0 Å². The minimum Gasteiger partial charge on any atom is -0.494 e. The van der Waals surface area contributed by atoms with Crippen molar-refractivity contribution in [3.8, 4) is 5.75 Å². The Labute approximate surface area is 145 Å². The average molecular weight is 331 g/mol. The van der Waals surface area contributed by atoms with Gasteiger partial charge in [-0.15, -0.1) is 0 Å². The minimum absolute atomic E-state index is 0.352. The Balaban J connectivity index is 1.66. The Morgan fingerprint density at radius 2 is 2.29 bits per heavy atom. The lowest BCUT2D eigenvalue weighted by Crippen LogP contribution is -2.41. The zero-order valence-electron chi connectivity index (χ0n) is 14.9. The lowest BCUT2D eigenvalue weighted by atomic mass is 9.87. The Bertz CT molecular complexity index is 567. The van der Waals surface area contributed by atoms with Crippen LogP contribution >= 0.6 is 0 Å². The molecule has 2 heterocycles. The highest BCUT2D eigenvalue weighted by molar-refractivity contribution is 5.80. The highest BCUT2D eigenvalue weighted by atomic mass is 16.5. The highest BCUT2D eigenvalue weighted by Gasteiger charge is 2.42. The Kier molecular flexibility index (Phi) is 5.61. The van der Waals surface area contributed by atoms with E-state index in [1.165, 1.54) is 18.4 Å². The van der Waals surface area contributed by atoms with E-state index < -0.39 is 0 Å². The second-order valence-electron chi connectivity index (χ2n) is 6.72. The van der Waals surface area contributed by atoms with E-state index in [1.54, 1.807) is 0 Å². The maximum absolute atomic E-state index is 5.63. The molecule has 0 aromatic heterocycles. The van der Waals surface area contributed by atoms with Crippen LogP contribution in [0.3, 0.4) is 0 Å². The maximum atomic E-state index is 5.63. The number of nitrogens with one attached hydrogen (secondary N) is 1. The number of benzene rings is 1. The largest absolute Gasteiger partial charge is 0.494 e. The SMILES string of the molecule is CCNC(=NCc1cccc(OCC)c1)N1CCC2(CCOC2)C1. The smallest absolute Gasteiger partial charge is 0.194 e. The summed E-state index contributed by atoms with van der Waals surface area (Å²) in [7, 11) is 0. The first-order valence-electron chi connectivity index (χ1n) is 9.07. The number of rotatable bonds is 5. The summed E-state index contributed by atoms with van der Waals surface area (Å²) in [6.07, 6.45) is 2.39. The van der Waals surface area contributed by atoms with Crippen LogP contribution in [0.25, 0.3) is 0 Å². The molecule has 2 aliphatic rings. The normalized spacial score (nSPS) is 23.9. The van der Waals surface area contributed by atoms with Crippen LogP contribution in [-0.2, 0) is 11.3 Å². The van der Waals surface area contributed by atoms with E-state index in [0.29, 0.717) is 18.6 Å². The molecule has 3 rings (SSSR count). The van der Waals surface area contributed by atoms with E-state index in [0.717, 1.165) is 44.6 Å². The first-order chi connectivity index (χ1) is 11.7. The molecule has 1 N–H and O–H groups in total. The van der Waals surface area contributed by atoms with E-state index in [-0.39, 0.29) is 0 Å². The number of hydrogen-bond donors (Lipinski definition) is 1. The van der Waals surface area contributed by atoms with Crippen LogP contribution in [0.4, 0.5) is 0 Å². The van der Waals surface area contributed by atoms with E-state index in [9.17, 15) is 0 Å². The lowest BCUT2D eigenvalue weighted by molar-refractivity contribution is 0.156. The van der Waals surface area contributed by atoms with Crippen molar-refractivity contribution in [3.05, 3.63) is 29.8 Å². The molecule has 0 radical (unpaired) electrons. The third kappa shape index (κ3) is 4.01. The van der Waals surface area contributed by atoms with Gasteiger partial charge in [-0.05, 0) is 44.4 Å². The van der Waals surface area contributed by atoms with Gasteiger partial charge < -0.3 is 19.7 Å². The van der Waals surface area contributed by atoms with Crippen LogP contribution in [0.15, 0.2) is 29.3 Å². The second kappa shape index (κ2) is 7.88. The van der Waals surface area contributed by atoms with Gasteiger partial charge in [-0.3, -0.25) is 0 Å². The van der Waals surface area contributed by atoms with Crippen molar-refractivity contribution in [2.75, 3.05) is 39.5 Å². The predicted molar refractivity (Wildman–Crippen MR) is 96.5 cm³/mol. The van der Waals surface area contributed by atoms with Crippen molar-refractivity contribution in [1.82, 2.24) is 10.2 Å². The molecule has 132 valence electrons. The van der Waals surface area contributed by atoms with Crippen molar-refractivity contribution in [1.29, 1.82) is 0 Å². The van der Waals surface area contributed by atoms with E-state index in [4.69, 9.17) is 14.5 Å². The molecular formula is C19H29N3O2. The number of ether oxygens (including phenoxy) is 2. The minimum atomic E-state index is 0.352. The highest BCUT2D eigenvalue weighted by Crippen LogP contribution is 2.38. The third-order valence-electron chi connectivity index (χ3n) is 4.88. The molecule has 2 aliphatic heterocycles. The summed E-state index contributed by atoms with van der Waals surface area (Å²) in [6.45, 7) is 10.3. The first-order valence-corrected chi connectivity index (χ1v) is 9.07. The zero-order chi connectivity index (χ0) is 16.8. The second-order valence-corrected chi connectivity index (χ2v) is 6.72. The molecule has 5 heteroatoms. The van der Waals surface area contributed by atoms with Gasteiger partial charge in [-0.1, -0.05) is 12.1 Å². The number of likely N-dealkylation sites (tertiary alicyclic amines) is 1. The molecule has 1 aromatic carbocycles. The Hall–Kier alpha value is -1.75. The van der Waals surface area contributed by atoms with Gasteiger partial charge in [0.25, 0.3) is 0 Å². The van der Waals surface area contributed by atoms with Crippen molar-refractivity contribution in [2.24, 2.45) is 10.4 Å². The van der Waals surface area contributed by atoms with Crippen molar-refractivity contribution < 1.29 is 9.47 Å². The van der Waals surface area contributed by atoms with Crippen molar-refractivity contribution in [2.45, 2.75) is 33.2 Å². The van der Waals surface area contributed by atoms with Crippen LogP contribution in [-0.4, -0.2) is 50.3 Å². The molecule has 1 atom stereocenters. The summed E-state index contributed by atoms with van der Waals surface area (Å²) in [6, 6.07) is 8.20. The third-order valence-corrected chi connectivity index (χ3v) is 4.88. The summed E-state index contributed by atoms with van der Waals surface area (Å²) in [5.41, 5.74) is 1.53. The number of nitrogens with zero attached hydrogens (tertiary/aromatic N) is 2. The molecule has 0 saturated carbocycles. The molecule has 0 amide bonds. The lowest BCUT2D eigenvalue weighted by Gasteiger charge is -2.25. The van der Waals surface area contributed by atoms with E-state index in [1.807, 2.05) is 19.1 Å². The first kappa shape index (κ1) is 17.1. The fraction of sp³-hybridized carbons (Fsp3) is 0.632. The van der Waals surface area contributed by atoms with Crippen LogP contribution < -0.4 is 10.1 Å². The van der Waals surface area contributed by atoms with E-state index in [2.05, 4.69) is 29.3 Å². The van der Waals surface area contributed by atoms with Gasteiger partial charge in [0.1, 0.15) is 5.75 Å². The fourth-order valence-electron chi connectivity index (χ4n) is 3.58. The molecule has 0 aliphatic carbocycles. The molecule has 1 spiro atoms. The summed E-state index contributed by atoms with van der Waals surface area (Å²) in [5.74, 6) is 1.93. The molecule has 0 bridgehead atoms. The fourth-order valence-corrected chi connectivity index (χ4v) is 3.58. The van der Waals surface area contributed by atoms with Crippen LogP contribution in [0.5, 0.6) is 5.75 Å². The number of guanidine groups is 1. The number of hydrogen-bond acceptors (Lipinski definition) is 3. The van der Waals surface area contributed by atoms with Crippen LogP contribution in [0, 0.1) is 5.41 Å². The Morgan fingerprint density at radius 1 is 1.38 bits per heavy atom. The quantitative estimate of drug-likeness (QED) is 0.666. The van der Waals surface area contributed by atoms with Crippen LogP contribution in [0.2, 0.25) is 0 Å².